The van der Waals surface area contributed by atoms with Crippen LogP contribution in [0.2, 0.25) is 0 Å². The predicted octanol–water partition coefficient (Wildman–Crippen LogP) is 4.88. The van der Waals surface area contributed by atoms with Gasteiger partial charge in [-0.3, -0.25) is 14.8 Å². The third kappa shape index (κ3) is 6.52. The molecule has 4 atom stereocenters. The van der Waals surface area contributed by atoms with Gasteiger partial charge in [0.2, 0.25) is 0 Å². The van der Waals surface area contributed by atoms with Crippen molar-refractivity contribution in [1.82, 2.24) is 29.7 Å². The van der Waals surface area contributed by atoms with Crippen LogP contribution in [0.1, 0.15) is 81.9 Å². The highest BCUT2D eigenvalue weighted by atomic mass is 15.3. The van der Waals surface area contributed by atoms with Gasteiger partial charge in [-0.1, -0.05) is 19.1 Å². The smallest absolute Gasteiger partial charge is 0.107 e. The molecular weight excluding hydrogens is 408 g/mol. The number of hydrogen-bond donors (Lipinski definition) is 1. The Bertz CT molecular complexity index is 880. The zero-order valence-electron chi connectivity index (χ0n) is 21.6. The van der Waals surface area contributed by atoms with Crippen LogP contribution in [0.15, 0.2) is 37.2 Å². The fourth-order valence-electron chi connectivity index (χ4n) is 5.23. The van der Waals surface area contributed by atoms with Crippen LogP contribution in [-0.2, 0) is 13.0 Å². The third-order valence-corrected chi connectivity index (χ3v) is 6.88. The first-order valence-corrected chi connectivity index (χ1v) is 12.6. The molecule has 0 aromatic carbocycles. The Balaban J connectivity index is 0.000000709. The molecule has 3 heterocycles. The summed E-state index contributed by atoms with van der Waals surface area (Å²) in [5.74, 6) is 1.10. The topological polar surface area (TPSA) is 49.2 Å². The van der Waals surface area contributed by atoms with Crippen LogP contribution in [0, 0.1) is 6.92 Å². The van der Waals surface area contributed by atoms with Crippen molar-refractivity contribution in [3.8, 4) is 0 Å². The summed E-state index contributed by atoms with van der Waals surface area (Å²) in [4.78, 5) is 14.6. The molecule has 1 N–H and O–H groups in total. The van der Waals surface area contributed by atoms with E-state index in [-0.39, 0.29) is 0 Å². The molecule has 0 amide bonds. The number of allylic oxidation sites excluding steroid dienone is 1. The number of aromatic nitrogens is 3. The average Bonchev–Trinajstić information content (AvgIpc) is 3.17. The fraction of sp³-hybridized carbons (Fsp3) is 0.630. The van der Waals surface area contributed by atoms with E-state index in [1.807, 2.05) is 12.3 Å². The number of nitrogens with zero attached hydrogens (tertiary/aromatic N) is 5. The summed E-state index contributed by atoms with van der Waals surface area (Å²) in [6.45, 7) is 17.5. The molecule has 1 aliphatic carbocycles. The van der Waals surface area contributed by atoms with E-state index < -0.39 is 0 Å². The lowest BCUT2D eigenvalue weighted by Crippen LogP contribution is -2.55. The molecule has 2 aromatic heterocycles. The standard InChI is InChI=1S/C23H36N6.C4H8/c1-16-12-28(13-17(2)25-16)19(4)29-15-21(26-18(29)3)14-27(5)22-10-6-8-20-9-7-11-24-23(20)22;1-3-4-2/h7,9,11,15-17,19,22,25H,6,8,10,12-14H2,1-5H3;3H,1,4H2,2H3. The number of piperazine rings is 1. The minimum absolute atomic E-state index is 0.325. The summed E-state index contributed by atoms with van der Waals surface area (Å²) in [7, 11) is 2.21. The number of imidazole rings is 1. The lowest BCUT2D eigenvalue weighted by molar-refractivity contribution is 0.0921. The van der Waals surface area contributed by atoms with Crippen molar-refractivity contribution in [2.45, 2.75) is 91.1 Å². The number of aryl methyl sites for hydroxylation is 2. The van der Waals surface area contributed by atoms with Crippen molar-refractivity contribution in [3.63, 3.8) is 0 Å². The Morgan fingerprint density at radius 2 is 2.00 bits per heavy atom. The average molecular weight is 453 g/mol. The fourth-order valence-corrected chi connectivity index (χ4v) is 5.23. The zero-order chi connectivity index (χ0) is 24.0. The van der Waals surface area contributed by atoms with E-state index in [1.165, 1.54) is 24.1 Å². The summed E-state index contributed by atoms with van der Waals surface area (Å²) >= 11 is 0. The highest BCUT2D eigenvalue weighted by Gasteiger charge is 2.28. The normalized spacial score (nSPS) is 24.0. The third-order valence-electron chi connectivity index (χ3n) is 6.88. The van der Waals surface area contributed by atoms with Gasteiger partial charge in [0.25, 0.3) is 0 Å². The van der Waals surface area contributed by atoms with Gasteiger partial charge in [0.05, 0.1) is 23.6 Å². The molecule has 1 aliphatic heterocycles. The lowest BCUT2D eigenvalue weighted by atomic mass is 9.91. The summed E-state index contributed by atoms with van der Waals surface area (Å²) in [5, 5.41) is 3.63. The molecule has 2 aliphatic rings. The Morgan fingerprint density at radius 3 is 2.67 bits per heavy atom. The molecule has 4 unspecified atom stereocenters. The SMILES string of the molecule is C=CCC.Cc1nc(CN(C)C2CCCc3cccnc32)cn1C(C)N1CC(C)NC(C)C1. The monoisotopic (exact) mass is 452 g/mol. The second-order valence-electron chi connectivity index (χ2n) is 9.81. The first-order chi connectivity index (χ1) is 15.8. The first kappa shape index (κ1) is 25.6. The van der Waals surface area contributed by atoms with Crippen molar-refractivity contribution in [2.24, 2.45) is 0 Å². The Labute approximate surface area is 201 Å². The van der Waals surface area contributed by atoms with E-state index in [0.717, 1.165) is 44.0 Å². The minimum Gasteiger partial charge on any atom is -0.319 e. The van der Waals surface area contributed by atoms with Crippen LogP contribution in [0.25, 0.3) is 0 Å². The van der Waals surface area contributed by atoms with E-state index in [0.29, 0.717) is 24.3 Å². The first-order valence-electron chi connectivity index (χ1n) is 12.6. The minimum atomic E-state index is 0.325. The Kier molecular flexibility index (Phi) is 9.24. The number of pyridine rings is 1. The maximum atomic E-state index is 4.91. The quantitative estimate of drug-likeness (QED) is 0.633. The van der Waals surface area contributed by atoms with Crippen molar-refractivity contribution >= 4 is 0 Å². The molecular formula is C27H44N6. The van der Waals surface area contributed by atoms with Gasteiger partial charge in [-0.2, -0.15) is 0 Å². The van der Waals surface area contributed by atoms with Crippen LogP contribution in [0.4, 0.5) is 0 Å². The predicted molar refractivity (Wildman–Crippen MR) is 137 cm³/mol. The molecule has 2 aromatic rings. The van der Waals surface area contributed by atoms with Crippen LogP contribution in [0.5, 0.6) is 0 Å². The van der Waals surface area contributed by atoms with E-state index in [2.05, 4.69) is 86.3 Å². The molecule has 0 spiro atoms. The zero-order valence-corrected chi connectivity index (χ0v) is 21.6. The molecule has 0 bridgehead atoms. The lowest BCUT2D eigenvalue weighted by Gasteiger charge is -2.40. The number of fused-ring (bicyclic) bond motifs is 1. The van der Waals surface area contributed by atoms with Gasteiger partial charge in [-0.25, -0.2) is 4.98 Å². The molecule has 33 heavy (non-hydrogen) atoms. The van der Waals surface area contributed by atoms with Crippen LogP contribution >= 0.6 is 0 Å². The second kappa shape index (κ2) is 11.9. The van der Waals surface area contributed by atoms with E-state index in [4.69, 9.17) is 9.97 Å². The summed E-state index contributed by atoms with van der Waals surface area (Å²) < 4.78 is 2.35. The molecule has 6 nitrogen and oxygen atoms in total. The molecule has 6 heteroatoms. The highest BCUT2D eigenvalue weighted by Crippen LogP contribution is 2.32. The van der Waals surface area contributed by atoms with Crippen molar-refractivity contribution in [3.05, 3.63) is 60.0 Å². The molecule has 1 saturated heterocycles. The summed E-state index contributed by atoms with van der Waals surface area (Å²) in [5.41, 5.74) is 3.82. The number of rotatable bonds is 6. The second-order valence-corrected chi connectivity index (χ2v) is 9.81. The molecule has 1 fully saturated rings. The van der Waals surface area contributed by atoms with Gasteiger partial charge in [0.1, 0.15) is 5.82 Å². The van der Waals surface area contributed by atoms with Gasteiger partial charge < -0.3 is 9.88 Å². The maximum absolute atomic E-state index is 4.91. The Morgan fingerprint density at radius 1 is 1.30 bits per heavy atom. The summed E-state index contributed by atoms with van der Waals surface area (Å²) in [6, 6.07) is 5.73. The highest BCUT2D eigenvalue weighted by molar-refractivity contribution is 5.25. The van der Waals surface area contributed by atoms with Crippen molar-refractivity contribution in [2.75, 3.05) is 20.1 Å². The van der Waals surface area contributed by atoms with Crippen LogP contribution in [-0.4, -0.2) is 56.6 Å². The number of nitrogens with one attached hydrogen (secondary N) is 1. The van der Waals surface area contributed by atoms with Crippen LogP contribution < -0.4 is 5.32 Å². The Hall–Kier alpha value is -2.02. The van der Waals surface area contributed by atoms with Crippen molar-refractivity contribution in [1.29, 1.82) is 0 Å². The van der Waals surface area contributed by atoms with Gasteiger partial charge in [-0.15, -0.1) is 6.58 Å². The van der Waals surface area contributed by atoms with Gasteiger partial charge >= 0.3 is 0 Å². The van der Waals surface area contributed by atoms with E-state index in [1.54, 1.807) is 0 Å². The van der Waals surface area contributed by atoms with Gasteiger partial charge in [0.15, 0.2) is 0 Å². The maximum Gasteiger partial charge on any atom is 0.107 e. The molecule has 4 rings (SSSR count). The molecule has 0 radical (unpaired) electrons. The van der Waals surface area contributed by atoms with Gasteiger partial charge in [0, 0.05) is 44.1 Å². The van der Waals surface area contributed by atoms with Crippen molar-refractivity contribution < 1.29 is 0 Å². The molecule has 182 valence electrons. The number of hydrogen-bond acceptors (Lipinski definition) is 5. The van der Waals surface area contributed by atoms with E-state index >= 15 is 0 Å². The summed E-state index contributed by atoms with van der Waals surface area (Å²) in [6.07, 6.45) is 11.0. The molecule has 0 saturated carbocycles. The van der Waals surface area contributed by atoms with Crippen LogP contribution in [0.3, 0.4) is 0 Å². The van der Waals surface area contributed by atoms with Gasteiger partial charge in [-0.05, 0) is 72.1 Å². The van der Waals surface area contributed by atoms with E-state index in [9.17, 15) is 0 Å². The largest absolute Gasteiger partial charge is 0.319 e.